The van der Waals surface area contributed by atoms with Gasteiger partial charge in [-0.25, -0.2) is 0 Å². The van der Waals surface area contributed by atoms with Crippen LogP contribution in [0.15, 0.2) is 72.9 Å². The number of rotatable bonds is 7. The van der Waals surface area contributed by atoms with Crippen LogP contribution in [0.4, 0.5) is 5.69 Å². The largest absolute Gasteiger partial charge is 0.495 e. The van der Waals surface area contributed by atoms with Crippen molar-refractivity contribution in [1.29, 1.82) is 0 Å². The second-order valence-corrected chi connectivity index (χ2v) is 6.24. The molecule has 0 saturated heterocycles. The van der Waals surface area contributed by atoms with Gasteiger partial charge in [-0.3, -0.25) is 15.1 Å². The first-order valence-corrected chi connectivity index (χ1v) is 8.81. The van der Waals surface area contributed by atoms with Crippen LogP contribution in [0.2, 0.25) is 0 Å². The Morgan fingerprint density at radius 3 is 2.56 bits per heavy atom. The Bertz CT molecular complexity index is 883. The number of carbonyl (C=O) groups excluding carboxylic acids is 1. The molecule has 138 valence electrons. The van der Waals surface area contributed by atoms with Gasteiger partial charge in [-0.2, -0.15) is 0 Å². The van der Waals surface area contributed by atoms with Gasteiger partial charge < -0.3 is 10.1 Å². The van der Waals surface area contributed by atoms with E-state index in [1.165, 1.54) is 0 Å². The van der Waals surface area contributed by atoms with Crippen LogP contribution < -0.4 is 15.4 Å². The number of hydrogen-bond acceptors (Lipinski definition) is 4. The fourth-order valence-corrected chi connectivity index (χ4v) is 2.84. The molecular weight excluding hydrogens is 338 g/mol. The molecule has 0 aliphatic carbocycles. The van der Waals surface area contributed by atoms with Crippen molar-refractivity contribution >= 4 is 11.6 Å². The summed E-state index contributed by atoms with van der Waals surface area (Å²) < 4.78 is 5.37. The van der Waals surface area contributed by atoms with Crippen molar-refractivity contribution in [2.24, 2.45) is 0 Å². The van der Waals surface area contributed by atoms with Gasteiger partial charge >= 0.3 is 0 Å². The zero-order chi connectivity index (χ0) is 19.1. The average Bonchev–Trinajstić information content (AvgIpc) is 2.70. The number of benzene rings is 2. The van der Waals surface area contributed by atoms with Crippen LogP contribution in [0, 0.1) is 6.92 Å². The first-order valence-electron chi connectivity index (χ1n) is 8.81. The first-order chi connectivity index (χ1) is 13.2. The molecule has 2 N–H and O–H groups in total. The third-order valence-corrected chi connectivity index (χ3v) is 4.22. The molecule has 1 amide bonds. The number of anilines is 1. The Labute approximate surface area is 159 Å². The van der Waals surface area contributed by atoms with Crippen LogP contribution in [-0.2, 0) is 11.3 Å². The Hall–Kier alpha value is -3.18. The van der Waals surface area contributed by atoms with Gasteiger partial charge in [-0.05, 0) is 42.3 Å². The fraction of sp³-hybridized carbons (Fsp3) is 0.182. The molecule has 0 fully saturated rings. The number of nitrogens with one attached hydrogen (secondary N) is 2. The quantitative estimate of drug-likeness (QED) is 0.671. The summed E-state index contributed by atoms with van der Waals surface area (Å²) in [6.07, 6.45) is 1.74. The predicted octanol–water partition coefficient (Wildman–Crippen LogP) is 3.87. The monoisotopic (exact) mass is 361 g/mol. The highest BCUT2D eigenvalue weighted by Gasteiger charge is 2.21. The highest BCUT2D eigenvalue weighted by molar-refractivity contribution is 5.96. The number of pyridine rings is 1. The molecule has 0 bridgehead atoms. The summed E-state index contributed by atoms with van der Waals surface area (Å²) in [5.74, 6) is 0.478. The molecule has 1 aromatic heterocycles. The molecule has 3 rings (SSSR count). The number of carbonyl (C=O) groups is 1. The van der Waals surface area contributed by atoms with E-state index in [0.29, 0.717) is 18.0 Å². The van der Waals surface area contributed by atoms with E-state index in [2.05, 4.69) is 15.6 Å². The van der Waals surface area contributed by atoms with Crippen LogP contribution in [0.25, 0.3) is 0 Å². The highest BCUT2D eigenvalue weighted by Crippen LogP contribution is 2.26. The molecule has 27 heavy (non-hydrogen) atoms. The van der Waals surface area contributed by atoms with Gasteiger partial charge in [-0.1, -0.05) is 42.5 Å². The normalized spacial score (nSPS) is 11.6. The maximum Gasteiger partial charge on any atom is 0.246 e. The fourth-order valence-electron chi connectivity index (χ4n) is 2.84. The van der Waals surface area contributed by atoms with E-state index in [1.807, 2.05) is 73.7 Å². The SMILES string of the molecule is COc1ccc(C)cc1NC(=O)[C@H](NCc1ccccn1)c1ccccc1. The molecule has 5 heteroatoms. The van der Waals surface area contributed by atoms with Gasteiger partial charge in [-0.15, -0.1) is 0 Å². The number of ether oxygens (including phenoxy) is 1. The van der Waals surface area contributed by atoms with E-state index in [4.69, 9.17) is 4.74 Å². The lowest BCUT2D eigenvalue weighted by Crippen LogP contribution is -2.33. The lowest BCUT2D eigenvalue weighted by molar-refractivity contribution is -0.118. The van der Waals surface area contributed by atoms with Crippen LogP contribution in [-0.4, -0.2) is 18.0 Å². The summed E-state index contributed by atoms with van der Waals surface area (Å²) in [7, 11) is 1.59. The van der Waals surface area contributed by atoms with Crippen LogP contribution in [0.1, 0.15) is 22.9 Å². The molecule has 0 aliphatic heterocycles. The second kappa shape index (κ2) is 8.96. The van der Waals surface area contributed by atoms with Gasteiger partial charge in [0.1, 0.15) is 11.8 Å². The minimum atomic E-state index is -0.515. The predicted molar refractivity (Wildman–Crippen MR) is 107 cm³/mol. The van der Waals surface area contributed by atoms with Gasteiger partial charge in [0, 0.05) is 12.7 Å². The Morgan fingerprint density at radius 1 is 1.07 bits per heavy atom. The summed E-state index contributed by atoms with van der Waals surface area (Å²) in [6.45, 7) is 2.46. The molecule has 0 radical (unpaired) electrons. The highest BCUT2D eigenvalue weighted by atomic mass is 16.5. The van der Waals surface area contributed by atoms with Crippen LogP contribution in [0.3, 0.4) is 0 Å². The lowest BCUT2D eigenvalue weighted by atomic mass is 10.1. The van der Waals surface area contributed by atoms with Crippen molar-refractivity contribution in [3.05, 3.63) is 89.7 Å². The topological polar surface area (TPSA) is 63.2 Å². The molecular formula is C22H23N3O2. The minimum Gasteiger partial charge on any atom is -0.495 e. The maximum atomic E-state index is 13.1. The second-order valence-electron chi connectivity index (χ2n) is 6.24. The standard InChI is InChI=1S/C22H23N3O2/c1-16-11-12-20(27-2)19(14-16)25-22(26)21(17-8-4-3-5-9-17)24-15-18-10-6-7-13-23-18/h3-14,21,24H,15H2,1-2H3,(H,25,26)/t21-/m1/s1. The molecule has 3 aromatic rings. The number of aromatic nitrogens is 1. The number of nitrogens with zero attached hydrogens (tertiary/aromatic N) is 1. The molecule has 1 atom stereocenters. The molecule has 0 saturated carbocycles. The van der Waals surface area contributed by atoms with Gasteiger partial charge in [0.2, 0.25) is 5.91 Å². The van der Waals surface area contributed by atoms with E-state index < -0.39 is 6.04 Å². The van der Waals surface area contributed by atoms with E-state index in [9.17, 15) is 4.79 Å². The van der Waals surface area contributed by atoms with Gasteiger partial charge in [0.05, 0.1) is 18.5 Å². The Balaban J connectivity index is 1.82. The molecule has 2 aromatic carbocycles. The van der Waals surface area contributed by atoms with Gasteiger partial charge in [0.25, 0.3) is 0 Å². The van der Waals surface area contributed by atoms with Crippen molar-refractivity contribution in [3.8, 4) is 5.75 Å². The zero-order valence-electron chi connectivity index (χ0n) is 15.5. The van der Waals surface area contributed by atoms with Crippen LogP contribution >= 0.6 is 0 Å². The molecule has 5 nitrogen and oxygen atoms in total. The van der Waals surface area contributed by atoms with E-state index in [0.717, 1.165) is 16.8 Å². The van der Waals surface area contributed by atoms with E-state index in [1.54, 1.807) is 13.3 Å². The van der Waals surface area contributed by atoms with Crippen molar-refractivity contribution in [2.45, 2.75) is 19.5 Å². The smallest absolute Gasteiger partial charge is 0.246 e. The number of methoxy groups -OCH3 is 1. The summed E-state index contributed by atoms with van der Waals surface area (Å²) in [5, 5.41) is 6.30. The van der Waals surface area contributed by atoms with Crippen molar-refractivity contribution in [2.75, 3.05) is 12.4 Å². The van der Waals surface area contributed by atoms with E-state index >= 15 is 0 Å². The average molecular weight is 361 g/mol. The Kier molecular flexibility index (Phi) is 6.18. The van der Waals surface area contributed by atoms with Gasteiger partial charge in [0.15, 0.2) is 0 Å². The van der Waals surface area contributed by atoms with Crippen molar-refractivity contribution in [1.82, 2.24) is 10.3 Å². The first kappa shape index (κ1) is 18.6. The molecule has 0 aliphatic rings. The number of amides is 1. The summed E-state index contributed by atoms with van der Waals surface area (Å²) >= 11 is 0. The third-order valence-electron chi connectivity index (χ3n) is 4.22. The number of hydrogen-bond donors (Lipinski definition) is 2. The molecule has 1 heterocycles. The molecule has 0 unspecified atom stereocenters. The minimum absolute atomic E-state index is 0.152. The van der Waals surface area contributed by atoms with Crippen molar-refractivity contribution in [3.63, 3.8) is 0 Å². The summed E-state index contributed by atoms with van der Waals surface area (Å²) in [6, 6.07) is 20.6. The lowest BCUT2D eigenvalue weighted by Gasteiger charge is -2.20. The maximum absolute atomic E-state index is 13.1. The van der Waals surface area contributed by atoms with Crippen LogP contribution in [0.5, 0.6) is 5.75 Å². The zero-order valence-corrected chi connectivity index (χ0v) is 15.5. The Morgan fingerprint density at radius 2 is 1.85 bits per heavy atom. The number of aryl methyl sites for hydroxylation is 1. The summed E-state index contributed by atoms with van der Waals surface area (Å²) in [4.78, 5) is 17.4. The van der Waals surface area contributed by atoms with Crippen molar-refractivity contribution < 1.29 is 9.53 Å². The summed E-state index contributed by atoms with van der Waals surface area (Å²) in [5.41, 5.74) is 3.46. The third kappa shape index (κ3) is 4.92. The molecule has 0 spiro atoms. The van der Waals surface area contributed by atoms with E-state index in [-0.39, 0.29) is 5.91 Å².